The van der Waals surface area contributed by atoms with Crippen LogP contribution in [-0.2, 0) is 57.4 Å². The average molecular weight is 859 g/mol. The van der Waals surface area contributed by atoms with Gasteiger partial charge in [0.25, 0.3) is 16.7 Å². The average Bonchev–Trinajstić information content (AvgIpc) is 3.80. The molecule has 2 aliphatic rings. The first kappa shape index (κ1) is 42.3. The number of phosphoric acid groups is 3. The molecule has 0 spiro atoms. The molecule has 11 atom stereocenters. The molecule has 4 aromatic heterocycles. The minimum Gasteiger partial charge on any atom is -0.387 e. The fourth-order valence-corrected chi connectivity index (χ4v) is 9.76. The van der Waals surface area contributed by atoms with Crippen molar-refractivity contribution in [2.75, 3.05) is 26.1 Å². The third kappa shape index (κ3) is 8.73. The van der Waals surface area contributed by atoms with Crippen molar-refractivity contribution in [1.82, 2.24) is 34.1 Å². The molecule has 0 aliphatic carbocycles. The summed E-state index contributed by atoms with van der Waals surface area (Å²) >= 11 is 0. The van der Waals surface area contributed by atoms with E-state index in [2.05, 4.69) is 33.5 Å². The summed E-state index contributed by atoms with van der Waals surface area (Å²) in [5, 5.41) is 22.0. The summed E-state index contributed by atoms with van der Waals surface area (Å²) < 4.78 is 82.8. The second-order valence-corrected chi connectivity index (χ2v) is 17.5. The normalized spacial score (nSPS) is 28.9. The Labute approximate surface area is 313 Å². The molecule has 0 radical (unpaired) electrons. The summed E-state index contributed by atoms with van der Waals surface area (Å²) in [6.45, 7) is 2.87. The molecule has 27 nitrogen and oxygen atoms in total. The van der Waals surface area contributed by atoms with Crippen molar-refractivity contribution in [3.05, 3.63) is 39.2 Å². The number of aliphatic hydroxyl groups excluding tert-OH is 2. The number of aryl methyl sites for hydroxylation is 2. The van der Waals surface area contributed by atoms with Gasteiger partial charge in [-0.1, -0.05) is 0 Å². The third-order valence-corrected chi connectivity index (χ3v) is 12.7. The van der Waals surface area contributed by atoms with Gasteiger partial charge >= 0.3 is 29.0 Å². The highest BCUT2D eigenvalue weighted by Crippen LogP contribution is 2.68. The van der Waals surface area contributed by atoms with Gasteiger partial charge in [-0.2, -0.15) is 18.2 Å². The van der Waals surface area contributed by atoms with Gasteiger partial charge in [0, 0.05) is 7.11 Å². The van der Waals surface area contributed by atoms with E-state index in [1.54, 1.807) is 13.8 Å². The quantitative estimate of drug-likeness (QED) is 0.0486. The number of anilines is 1. The van der Waals surface area contributed by atoms with Crippen LogP contribution in [0.1, 0.15) is 32.1 Å². The zero-order valence-corrected chi connectivity index (χ0v) is 32.6. The van der Waals surface area contributed by atoms with E-state index in [9.17, 15) is 48.2 Å². The first-order valence-corrected chi connectivity index (χ1v) is 20.8. The molecule has 56 heavy (non-hydrogen) atoms. The van der Waals surface area contributed by atoms with Crippen LogP contribution in [-0.4, -0.2) is 122 Å². The Bertz CT molecular complexity index is 2370. The summed E-state index contributed by atoms with van der Waals surface area (Å²) in [5.41, 5.74) is 4.65. The molecule has 0 amide bonds. The monoisotopic (exact) mass is 858 g/mol. The van der Waals surface area contributed by atoms with Crippen molar-refractivity contribution < 1.29 is 79.8 Å². The number of nitrogens with zero attached hydrogens (tertiary/aromatic N) is 6. The number of phosphoric ester groups is 2. The van der Waals surface area contributed by atoms with Crippen molar-refractivity contribution in [2.24, 2.45) is 7.05 Å². The van der Waals surface area contributed by atoms with Crippen LogP contribution in [0.4, 0.5) is 5.95 Å². The van der Waals surface area contributed by atoms with Crippen LogP contribution in [0.2, 0.25) is 0 Å². The molecular weight excluding hydrogens is 819 g/mol. The zero-order valence-electron chi connectivity index (χ0n) is 29.9. The Morgan fingerprint density at radius 3 is 2.14 bits per heavy atom. The number of hydrogen-bond acceptors (Lipinski definition) is 19. The molecule has 9 N–H and O–H groups in total. The van der Waals surface area contributed by atoms with Crippen LogP contribution in [0.5, 0.6) is 0 Å². The van der Waals surface area contributed by atoms with Crippen LogP contribution in [0.15, 0.2) is 22.2 Å². The molecule has 4 aromatic rings. The Morgan fingerprint density at radius 1 is 0.893 bits per heavy atom. The fourth-order valence-electron chi connectivity index (χ4n) is 6.24. The molecule has 2 fully saturated rings. The fraction of sp³-hybridized carbons (Fsp3) is 0.615. The maximum absolute atomic E-state index is 12.8. The molecule has 0 aromatic carbocycles. The number of aliphatic hydroxyl groups is 2. The van der Waals surface area contributed by atoms with E-state index < -0.39 is 103 Å². The van der Waals surface area contributed by atoms with E-state index >= 15 is 0 Å². The summed E-state index contributed by atoms with van der Waals surface area (Å²) in [4.78, 5) is 72.6. The number of nitrogens with one attached hydrogen (secondary N) is 2. The second-order valence-electron chi connectivity index (χ2n) is 12.9. The number of H-pyrrole nitrogens is 2. The molecule has 310 valence electrons. The molecule has 6 heterocycles. The predicted molar refractivity (Wildman–Crippen MR) is 183 cm³/mol. The number of fused-ring (bicyclic) bond motifs is 2. The first-order chi connectivity index (χ1) is 26.1. The van der Waals surface area contributed by atoms with Gasteiger partial charge in [-0.15, -0.1) is 0 Å². The lowest BCUT2D eigenvalue weighted by atomic mass is 10.1. The second kappa shape index (κ2) is 15.8. The van der Waals surface area contributed by atoms with Crippen molar-refractivity contribution in [3.8, 4) is 0 Å². The van der Waals surface area contributed by atoms with Gasteiger partial charge in [-0.05, 0) is 20.8 Å². The van der Waals surface area contributed by atoms with Gasteiger partial charge in [0.05, 0.1) is 32.7 Å². The predicted octanol–water partition coefficient (Wildman–Crippen LogP) is -1.73. The molecule has 0 saturated carbocycles. The van der Waals surface area contributed by atoms with E-state index in [4.69, 9.17) is 33.7 Å². The molecule has 30 heteroatoms. The number of ether oxygens (including phenoxy) is 4. The molecule has 5 unspecified atom stereocenters. The third-order valence-electron chi connectivity index (χ3n) is 8.43. The summed E-state index contributed by atoms with van der Waals surface area (Å²) in [6.07, 6.45) is -8.76. The number of aromatic nitrogens is 8. The van der Waals surface area contributed by atoms with Crippen molar-refractivity contribution >= 4 is 51.7 Å². The van der Waals surface area contributed by atoms with Crippen LogP contribution >= 0.6 is 23.5 Å². The molecule has 2 aliphatic heterocycles. The number of methoxy groups -OCH3 is 1. The lowest BCUT2D eigenvalue weighted by molar-refractivity contribution is -0.646. The van der Waals surface area contributed by atoms with Crippen LogP contribution in [0, 0.1) is 6.92 Å². The zero-order chi connectivity index (χ0) is 41.1. The van der Waals surface area contributed by atoms with Crippen LogP contribution in [0.25, 0.3) is 22.3 Å². The van der Waals surface area contributed by atoms with Gasteiger partial charge in [0.15, 0.2) is 23.5 Å². The van der Waals surface area contributed by atoms with Gasteiger partial charge in [-0.3, -0.25) is 28.2 Å². The Kier molecular flexibility index (Phi) is 11.9. The number of rotatable bonds is 15. The highest BCUT2D eigenvalue weighted by molar-refractivity contribution is 7.66. The summed E-state index contributed by atoms with van der Waals surface area (Å²) in [5.74, 6) is 0.00780. The number of nitrogens with two attached hydrogens (primary N) is 1. The minimum atomic E-state index is -5.96. The van der Waals surface area contributed by atoms with Crippen LogP contribution in [0.3, 0.4) is 0 Å². The smallest absolute Gasteiger partial charge is 0.387 e. The maximum Gasteiger partial charge on any atom is 0.490 e. The standard InChI is InChI=1S/C26H38N9O18P3/c1-10(2)49-18-13(51-24(17(18)37)34-8-28-14-20(34)29-11(3)30-22(14)38)7-48-55(42,43)53-56(44,45)52-54(40,41)47-6-12-16(36)19(46-5)25(50-12)35-9-33(4)15-21(35)31-26(27)32-23(15)39/h8-10,12-13,16-19,24-25,36-37H,6-7H2,1-5H3,(H6-,27,29,30,31,32,38,39,40,41,42,43,44,45)/p+1/t12-,13-,16+,17?,18+,19?,24-,25-/m1/s1. The van der Waals surface area contributed by atoms with Gasteiger partial charge < -0.3 is 54.6 Å². The first-order valence-electron chi connectivity index (χ1n) is 16.3. The van der Waals surface area contributed by atoms with Gasteiger partial charge in [-0.25, -0.2) is 28.2 Å². The largest absolute Gasteiger partial charge is 0.490 e. The van der Waals surface area contributed by atoms with E-state index in [-0.39, 0.29) is 34.1 Å². The van der Waals surface area contributed by atoms with Crippen LogP contribution < -0.4 is 21.4 Å². The molecular formula is C26H39N9O18P3+. The Balaban J connectivity index is 1.09. The van der Waals surface area contributed by atoms with Gasteiger partial charge in [0.2, 0.25) is 18.5 Å². The van der Waals surface area contributed by atoms with E-state index in [0.717, 1.165) is 0 Å². The minimum absolute atomic E-state index is 0.0372. The Morgan fingerprint density at radius 2 is 1.52 bits per heavy atom. The number of hydrogen-bond donors (Lipinski definition) is 8. The highest BCUT2D eigenvalue weighted by atomic mass is 31.3. The van der Waals surface area contributed by atoms with Gasteiger partial charge in [0.1, 0.15) is 36.3 Å². The van der Waals surface area contributed by atoms with Crippen molar-refractivity contribution in [2.45, 2.75) is 76.0 Å². The molecule has 6 rings (SSSR count). The number of nitrogen functional groups attached to an aromatic ring is 1. The number of aromatic amines is 2. The SMILES string of the molecule is COC1[C@@H](O)[C@@H](COP(=O)(O)OP(=O)(O)OP(=O)(O)OC[C@H]2O[C@@H](n3cnc4c(=O)[nH]c(C)nc43)C(O)[C@H]2OC(C)C)O[C@H]1n1c[n+](C)c2c(=O)[nH]c(N)nc21. The maximum atomic E-state index is 12.8. The van der Waals surface area contributed by atoms with Crippen molar-refractivity contribution in [3.63, 3.8) is 0 Å². The molecule has 0 bridgehead atoms. The lowest BCUT2D eigenvalue weighted by Gasteiger charge is -2.24. The van der Waals surface area contributed by atoms with E-state index in [1.165, 1.54) is 47.4 Å². The van der Waals surface area contributed by atoms with Crippen molar-refractivity contribution in [1.29, 1.82) is 0 Å². The summed E-state index contributed by atoms with van der Waals surface area (Å²) in [6, 6.07) is 0. The van der Waals surface area contributed by atoms with E-state index in [0.29, 0.717) is 0 Å². The van der Waals surface area contributed by atoms with E-state index in [1.807, 2.05) is 0 Å². The topological polar surface area (TPSA) is 370 Å². The summed E-state index contributed by atoms with van der Waals surface area (Å²) in [7, 11) is -14.5. The number of imidazole rings is 2. The Hall–Kier alpha value is -3.33. The highest BCUT2D eigenvalue weighted by Gasteiger charge is 2.51. The molecule has 2 saturated heterocycles. The lowest BCUT2D eigenvalue weighted by Crippen LogP contribution is -2.38.